The normalized spacial score (nSPS) is 21.7. The number of hydrogen-bond donors (Lipinski definition) is 1. The number of nitrogens with zero attached hydrogens (tertiary/aromatic N) is 5. The lowest BCUT2D eigenvalue weighted by Crippen LogP contribution is -2.41. The molecule has 1 aliphatic heterocycles. The number of pyridine rings is 1. The van der Waals surface area contributed by atoms with E-state index in [1.54, 1.807) is 0 Å². The molecule has 1 saturated carbocycles. The summed E-state index contributed by atoms with van der Waals surface area (Å²) in [5.41, 5.74) is 3.94. The largest absolute Gasteiger partial charge is 0.322 e. The van der Waals surface area contributed by atoms with E-state index in [1.807, 2.05) is 10.7 Å². The molecule has 0 bridgehead atoms. The molecule has 0 spiro atoms. The van der Waals surface area contributed by atoms with Crippen LogP contribution in [0.25, 0.3) is 10.9 Å². The van der Waals surface area contributed by atoms with E-state index >= 15 is 0 Å². The first kappa shape index (κ1) is 20.4. The van der Waals surface area contributed by atoms with Crippen LogP contribution in [0.2, 0.25) is 0 Å². The average molecular weight is 421 g/mol. The fourth-order valence-corrected chi connectivity index (χ4v) is 5.64. The number of benzene rings is 1. The molecule has 164 valence electrons. The Balaban J connectivity index is 1.67. The van der Waals surface area contributed by atoms with Crippen LogP contribution >= 0.6 is 0 Å². The van der Waals surface area contributed by atoms with Crippen LogP contribution in [0.4, 0.5) is 0 Å². The first-order valence-corrected chi connectivity index (χ1v) is 11.7. The average Bonchev–Trinajstić information content (AvgIpc) is 3.40. The van der Waals surface area contributed by atoms with Gasteiger partial charge in [0.2, 0.25) is 0 Å². The van der Waals surface area contributed by atoms with E-state index in [-0.39, 0.29) is 11.6 Å². The van der Waals surface area contributed by atoms with Crippen LogP contribution in [0, 0.1) is 19.8 Å². The number of rotatable bonds is 4. The van der Waals surface area contributed by atoms with Gasteiger partial charge in [-0.1, -0.05) is 25.8 Å². The Morgan fingerprint density at radius 2 is 1.90 bits per heavy atom. The van der Waals surface area contributed by atoms with Gasteiger partial charge in [0.05, 0.1) is 6.04 Å². The maximum atomic E-state index is 13.4. The number of likely N-dealkylation sites (tertiary alicyclic amines) is 1. The van der Waals surface area contributed by atoms with Crippen LogP contribution in [-0.2, 0) is 0 Å². The zero-order chi connectivity index (χ0) is 21.5. The molecule has 31 heavy (non-hydrogen) atoms. The SMILES string of the molecule is Cc1cc(C)c2cc([C@H](c3nnnn3C3CCCC3)N3CCC[C@@H](C)C3)c(=O)[nH]c2c1. The van der Waals surface area contributed by atoms with E-state index in [9.17, 15) is 4.79 Å². The molecule has 2 aromatic heterocycles. The number of piperidine rings is 1. The summed E-state index contributed by atoms with van der Waals surface area (Å²) in [6.45, 7) is 8.37. The second kappa shape index (κ2) is 8.19. The van der Waals surface area contributed by atoms with Crippen LogP contribution in [0.5, 0.6) is 0 Å². The monoisotopic (exact) mass is 420 g/mol. The third kappa shape index (κ3) is 3.80. The molecule has 1 N–H and O–H groups in total. The van der Waals surface area contributed by atoms with E-state index in [0.717, 1.165) is 60.2 Å². The van der Waals surface area contributed by atoms with Crippen molar-refractivity contribution in [2.24, 2.45) is 5.92 Å². The molecule has 7 nitrogen and oxygen atoms in total. The number of tetrazole rings is 1. The van der Waals surface area contributed by atoms with E-state index in [4.69, 9.17) is 0 Å². The molecule has 0 unspecified atom stereocenters. The Morgan fingerprint density at radius 1 is 1.10 bits per heavy atom. The van der Waals surface area contributed by atoms with Crippen molar-refractivity contribution in [3.8, 4) is 0 Å². The summed E-state index contributed by atoms with van der Waals surface area (Å²) in [6, 6.07) is 6.41. The van der Waals surface area contributed by atoms with Crippen molar-refractivity contribution in [1.82, 2.24) is 30.1 Å². The van der Waals surface area contributed by atoms with Gasteiger partial charge in [-0.3, -0.25) is 9.69 Å². The number of aromatic amines is 1. The minimum Gasteiger partial charge on any atom is -0.322 e. The van der Waals surface area contributed by atoms with Crippen molar-refractivity contribution in [2.75, 3.05) is 13.1 Å². The summed E-state index contributed by atoms with van der Waals surface area (Å²) < 4.78 is 2.02. The van der Waals surface area contributed by atoms with Gasteiger partial charge in [-0.25, -0.2) is 4.68 Å². The van der Waals surface area contributed by atoms with Gasteiger partial charge < -0.3 is 4.98 Å². The van der Waals surface area contributed by atoms with E-state index in [1.165, 1.54) is 24.8 Å². The molecule has 1 aromatic carbocycles. The molecule has 5 rings (SSSR count). The lowest BCUT2D eigenvalue weighted by molar-refractivity contribution is 0.139. The van der Waals surface area contributed by atoms with E-state index < -0.39 is 0 Å². The summed E-state index contributed by atoms with van der Waals surface area (Å²) >= 11 is 0. The number of hydrogen-bond acceptors (Lipinski definition) is 5. The van der Waals surface area contributed by atoms with Crippen molar-refractivity contribution in [1.29, 1.82) is 0 Å². The highest BCUT2D eigenvalue weighted by molar-refractivity contribution is 5.83. The summed E-state index contributed by atoms with van der Waals surface area (Å²) in [7, 11) is 0. The van der Waals surface area contributed by atoms with E-state index in [0.29, 0.717) is 12.0 Å². The Labute approximate surface area is 182 Å². The molecule has 3 heterocycles. The van der Waals surface area contributed by atoms with Gasteiger partial charge in [-0.05, 0) is 85.7 Å². The first-order chi connectivity index (χ1) is 15.0. The standard InChI is InChI=1S/C24H32N6O/c1-15-7-6-10-29(14-15)22(23-26-27-28-30(23)18-8-4-5-9-18)20-13-19-17(3)11-16(2)12-21(19)25-24(20)31/h11-13,15,18,22H,4-10,14H2,1-3H3,(H,25,31)/t15-,22-/m1/s1. The quantitative estimate of drug-likeness (QED) is 0.688. The first-order valence-electron chi connectivity index (χ1n) is 11.7. The van der Waals surface area contributed by atoms with Crippen molar-refractivity contribution in [3.63, 3.8) is 0 Å². The number of aryl methyl sites for hydroxylation is 2. The number of H-pyrrole nitrogens is 1. The smallest absolute Gasteiger partial charge is 0.253 e. The molecule has 1 aliphatic carbocycles. The predicted molar refractivity (Wildman–Crippen MR) is 121 cm³/mol. The highest BCUT2D eigenvalue weighted by Crippen LogP contribution is 2.35. The van der Waals surface area contributed by atoms with Gasteiger partial charge in [0.15, 0.2) is 5.82 Å². The summed E-state index contributed by atoms with van der Waals surface area (Å²) in [4.78, 5) is 19.0. The number of aromatic nitrogens is 5. The highest BCUT2D eigenvalue weighted by Gasteiger charge is 2.34. The topological polar surface area (TPSA) is 79.7 Å². The molecule has 2 aliphatic rings. The van der Waals surface area contributed by atoms with Crippen molar-refractivity contribution >= 4 is 10.9 Å². The fourth-order valence-electron chi connectivity index (χ4n) is 5.64. The maximum absolute atomic E-state index is 13.4. The molecule has 1 saturated heterocycles. The van der Waals surface area contributed by atoms with Crippen molar-refractivity contribution in [2.45, 2.75) is 71.4 Å². The Kier molecular flexibility index (Phi) is 5.38. The van der Waals surface area contributed by atoms with Crippen molar-refractivity contribution in [3.05, 3.63) is 51.1 Å². The minimum atomic E-state index is -0.229. The van der Waals surface area contributed by atoms with Crippen LogP contribution < -0.4 is 5.56 Å². The van der Waals surface area contributed by atoms with Crippen LogP contribution in [0.15, 0.2) is 23.0 Å². The van der Waals surface area contributed by atoms with Gasteiger partial charge >= 0.3 is 0 Å². The van der Waals surface area contributed by atoms with Crippen LogP contribution in [0.3, 0.4) is 0 Å². The van der Waals surface area contributed by atoms with Crippen LogP contribution in [0.1, 0.15) is 80.0 Å². The highest BCUT2D eigenvalue weighted by atomic mass is 16.1. The molecule has 3 aromatic rings. The maximum Gasteiger partial charge on any atom is 0.253 e. The Hall–Kier alpha value is -2.54. The number of nitrogens with one attached hydrogen (secondary N) is 1. The lowest BCUT2D eigenvalue weighted by atomic mass is 9.95. The van der Waals surface area contributed by atoms with E-state index in [2.05, 4.69) is 58.3 Å². The zero-order valence-electron chi connectivity index (χ0n) is 18.8. The van der Waals surface area contributed by atoms with Gasteiger partial charge in [0, 0.05) is 23.0 Å². The lowest BCUT2D eigenvalue weighted by Gasteiger charge is -2.36. The third-order valence-electron chi connectivity index (χ3n) is 7.12. The molecular formula is C24H32N6O. The van der Waals surface area contributed by atoms with Gasteiger partial charge in [0.25, 0.3) is 5.56 Å². The molecule has 0 radical (unpaired) electrons. The van der Waals surface area contributed by atoms with Gasteiger partial charge in [-0.15, -0.1) is 5.10 Å². The molecule has 2 atom stereocenters. The molecule has 0 amide bonds. The summed E-state index contributed by atoms with van der Waals surface area (Å²) in [5.74, 6) is 1.41. The van der Waals surface area contributed by atoms with Gasteiger partial charge in [-0.2, -0.15) is 0 Å². The summed E-state index contributed by atoms with van der Waals surface area (Å²) in [6.07, 6.45) is 6.99. The molecular weight excluding hydrogens is 388 g/mol. The number of fused-ring (bicyclic) bond motifs is 1. The fraction of sp³-hybridized carbons (Fsp3) is 0.583. The van der Waals surface area contributed by atoms with Crippen molar-refractivity contribution < 1.29 is 0 Å². The minimum absolute atomic E-state index is 0.0401. The Morgan fingerprint density at radius 3 is 2.68 bits per heavy atom. The van der Waals surface area contributed by atoms with Gasteiger partial charge in [0.1, 0.15) is 6.04 Å². The zero-order valence-corrected chi connectivity index (χ0v) is 18.8. The second-order valence-electron chi connectivity index (χ2n) is 9.66. The molecule has 7 heteroatoms. The summed E-state index contributed by atoms with van der Waals surface area (Å²) in [5, 5.41) is 14.1. The predicted octanol–water partition coefficient (Wildman–Crippen LogP) is 4.07. The Bertz CT molecular complexity index is 1140. The molecule has 2 fully saturated rings. The second-order valence-corrected chi connectivity index (χ2v) is 9.66. The van der Waals surface area contributed by atoms with Crippen LogP contribution in [-0.4, -0.2) is 43.2 Å². The third-order valence-corrected chi connectivity index (χ3v) is 7.12.